The third-order valence-electron chi connectivity index (χ3n) is 5.20. The molecule has 0 bridgehead atoms. The van der Waals surface area contributed by atoms with Gasteiger partial charge in [0.1, 0.15) is 0 Å². The predicted molar refractivity (Wildman–Crippen MR) is 80.5 cm³/mol. The van der Waals surface area contributed by atoms with Crippen molar-refractivity contribution in [3.8, 4) is 0 Å². The number of nitrogens with zero attached hydrogens (tertiary/aromatic N) is 1. The second kappa shape index (κ2) is 6.60. The molecule has 1 saturated carbocycles. The van der Waals surface area contributed by atoms with Crippen LogP contribution in [0.1, 0.15) is 33.1 Å². The first-order chi connectivity index (χ1) is 8.63. The number of hydrazine groups is 1. The molecule has 1 heterocycles. The van der Waals surface area contributed by atoms with Gasteiger partial charge in [0, 0.05) is 30.1 Å². The van der Waals surface area contributed by atoms with Crippen LogP contribution in [-0.2, 0) is 0 Å². The summed E-state index contributed by atoms with van der Waals surface area (Å²) in [7, 11) is 2.25. The van der Waals surface area contributed by atoms with Crippen LogP contribution in [0.2, 0.25) is 0 Å². The molecule has 2 fully saturated rings. The lowest BCUT2D eigenvalue weighted by molar-refractivity contribution is 0.115. The molecule has 0 amide bonds. The van der Waals surface area contributed by atoms with Crippen molar-refractivity contribution in [3.63, 3.8) is 0 Å². The van der Waals surface area contributed by atoms with Crippen LogP contribution >= 0.6 is 11.8 Å². The fourth-order valence-corrected chi connectivity index (χ4v) is 4.85. The van der Waals surface area contributed by atoms with Gasteiger partial charge in [-0.3, -0.25) is 11.3 Å². The Kier molecular flexibility index (Phi) is 5.36. The van der Waals surface area contributed by atoms with Crippen molar-refractivity contribution in [1.29, 1.82) is 0 Å². The third kappa shape index (κ3) is 3.21. The van der Waals surface area contributed by atoms with E-state index in [0.717, 1.165) is 17.8 Å². The molecule has 0 spiro atoms. The summed E-state index contributed by atoms with van der Waals surface area (Å²) in [5.41, 5.74) is 3.15. The molecule has 0 aromatic heterocycles. The van der Waals surface area contributed by atoms with Crippen molar-refractivity contribution in [2.24, 2.45) is 23.6 Å². The van der Waals surface area contributed by atoms with Gasteiger partial charge in [-0.15, -0.1) is 0 Å². The van der Waals surface area contributed by atoms with Crippen molar-refractivity contribution in [3.05, 3.63) is 0 Å². The van der Waals surface area contributed by atoms with Gasteiger partial charge < -0.3 is 4.90 Å². The van der Waals surface area contributed by atoms with E-state index in [1.807, 2.05) is 0 Å². The van der Waals surface area contributed by atoms with Crippen LogP contribution in [0.3, 0.4) is 0 Å². The summed E-state index contributed by atoms with van der Waals surface area (Å²) in [6.45, 7) is 6.00. The van der Waals surface area contributed by atoms with Gasteiger partial charge >= 0.3 is 0 Å². The Labute approximate surface area is 116 Å². The van der Waals surface area contributed by atoms with Crippen molar-refractivity contribution >= 4 is 11.8 Å². The highest BCUT2D eigenvalue weighted by Crippen LogP contribution is 2.37. The molecule has 5 unspecified atom stereocenters. The van der Waals surface area contributed by atoms with Gasteiger partial charge in [-0.2, -0.15) is 11.8 Å². The van der Waals surface area contributed by atoms with Gasteiger partial charge in [0.05, 0.1) is 0 Å². The van der Waals surface area contributed by atoms with E-state index in [4.69, 9.17) is 5.84 Å². The highest BCUT2D eigenvalue weighted by molar-refractivity contribution is 7.99. The van der Waals surface area contributed by atoms with E-state index in [2.05, 4.69) is 43.0 Å². The molecule has 2 rings (SSSR count). The largest absolute Gasteiger partial charge is 0.300 e. The Balaban J connectivity index is 1.99. The molecule has 4 heteroatoms. The molecule has 2 aliphatic rings. The minimum absolute atomic E-state index is 0.470. The number of nitrogens with two attached hydrogens (primary N) is 1. The summed E-state index contributed by atoms with van der Waals surface area (Å²) in [5.74, 6) is 10.9. The van der Waals surface area contributed by atoms with Gasteiger partial charge in [0.2, 0.25) is 0 Å². The van der Waals surface area contributed by atoms with E-state index >= 15 is 0 Å². The van der Waals surface area contributed by atoms with E-state index in [-0.39, 0.29) is 0 Å². The molecule has 0 aromatic rings. The van der Waals surface area contributed by atoms with Gasteiger partial charge in [-0.1, -0.05) is 20.3 Å². The number of thioether (sulfide) groups is 1. The van der Waals surface area contributed by atoms with Gasteiger partial charge in [-0.05, 0) is 37.6 Å². The third-order valence-corrected chi connectivity index (χ3v) is 6.25. The fourth-order valence-electron chi connectivity index (χ4n) is 3.56. The maximum absolute atomic E-state index is 5.89. The number of likely N-dealkylation sites (N-methyl/N-ethyl adjacent to an activating group) is 1. The normalized spacial score (nSPS) is 40.7. The summed E-state index contributed by atoms with van der Waals surface area (Å²) in [4.78, 5) is 2.50. The first-order valence-electron chi connectivity index (χ1n) is 7.37. The maximum atomic E-state index is 5.89. The molecule has 1 aliphatic carbocycles. The van der Waals surface area contributed by atoms with E-state index < -0.39 is 0 Å². The number of rotatable bonds is 3. The lowest BCUT2D eigenvalue weighted by Crippen LogP contribution is -2.58. The first kappa shape index (κ1) is 14.6. The lowest BCUT2D eigenvalue weighted by Gasteiger charge is -2.44. The lowest BCUT2D eigenvalue weighted by atomic mass is 9.72. The summed E-state index contributed by atoms with van der Waals surface area (Å²) >= 11 is 2.08. The van der Waals surface area contributed by atoms with Crippen LogP contribution in [0.5, 0.6) is 0 Å². The minimum atomic E-state index is 0.470. The van der Waals surface area contributed by atoms with E-state index in [9.17, 15) is 0 Å². The fraction of sp³-hybridized carbons (Fsp3) is 1.00. The molecular weight excluding hydrogens is 242 g/mol. The SMILES string of the molecule is CC1CCC(C(NN)C2CSCCN2C)CC1C. The van der Waals surface area contributed by atoms with Gasteiger partial charge in [0.25, 0.3) is 0 Å². The van der Waals surface area contributed by atoms with Crippen molar-refractivity contribution in [2.45, 2.75) is 45.2 Å². The van der Waals surface area contributed by atoms with Crippen molar-refractivity contribution in [2.75, 3.05) is 25.1 Å². The van der Waals surface area contributed by atoms with Crippen LogP contribution in [0.25, 0.3) is 0 Å². The van der Waals surface area contributed by atoms with Gasteiger partial charge in [-0.25, -0.2) is 0 Å². The van der Waals surface area contributed by atoms with Crippen molar-refractivity contribution in [1.82, 2.24) is 10.3 Å². The molecule has 3 N–H and O–H groups in total. The number of hydrogen-bond acceptors (Lipinski definition) is 4. The van der Waals surface area contributed by atoms with Crippen LogP contribution in [0, 0.1) is 17.8 Å². The van der Waals surface area contributed by atoms with Gasteiger partial charge in [0.15, 0.2) is 0 Å². The second-order valence-corrected chi connectivity index (χ2v) is 7.49. The Morgan fingerprint density at radius 2 is 2.06 bits per heavy atom. The Bertz CT molecular complexity index is 261. The zero-order chi connectivity index (χ0) is 13.1. The summed E-state index contributed by atoms with van der Waals surface area (Å²) < 4.78 is 0. The Morgan fingerprint density at radius 3 is 2.67 bits per heavy atom. The smallest absolute Gasteiger partial charge is 0.0402 e. The predicted octanol–water partition coefficient (Wildman–Crippen LogP) is 1.94. The summed E-state index contributed by atoms with van der Waals surface area (Å²) in [5, 5.41) is 0. The van der Waals surface area contributed by atoms with Crippen LogP contribution < -0.4 is 11.3 Å². The van der Waals surface area contributed by atoms with E-state index in [1.165, 1.54) is 37.3 Å². The highest BCUT2D eigenvalue weighted by Gasteiger charge is 2.36. The highest BCUT2D eigenvalue weighted by atomic mass is 32.2. The number of nitrogens with one attached hydrogen (secondary N) is 1. The standard InChI is InChI=1S/C14H29N3S/c1-10-4-5-12(8-11(10)2)14(16-15)13-9-18-7-6-17(13)3/h10-14,16H,4-9,15H2,1-3H3. The average Bonchev–Trinajstić information content (AvgIpc) is 2.37. The molecule has 5 atom stereocenters. The zero-order valence-corrected chi connectivity index (χ0v) is 12.9. The van der Waals surface area contributed by atoms with Crippen LogP contribution in [-0.4, -0.2) is 42.1 Å². The monoisotopic (exact) mass is 271 g/mol. The molecule has 0 aromatic carbocycles. The summed E-state index contributed by atoms with van der Waals surface area (Å²) in [6.07, 6.45) is 4.05. The van der Waals surface area contributed by atoms with E-state index in [1.54, 1.807) is 0 Å². The second-order valence-electron chi connectivity index (χ2n) is 6.34. The molecule has 3 nitrogen and oxygen atoms in total. The maximum Gasteiger partial charge on any atom is 0.0402 e. The quantitative estimate of drug-likeness (QED) is 0.608. The zero-order valence-electron chi connectivity index (χ0n) is 12.1. The Hall–Kier alpha value is 0.230. The molecule has 18 heavy (non-hydrogen) atoms. The molecule has 1 aliphatic heterocycles. The van der Waals surface area contributed by atoms with Crippen molar-refractivity contribution < 1.29 is 0 Å². The summed E-state index contributed by atoms with van der Waals surface area (Å²) in [6, 6.07) is 1.08. The Morgan fingerprint density at radius 1 is 1.28 bits per heavy atom. The minimum Gasteiger partial charge on any atom is -0.300 e. The van der Waals surface area contributed by atoms with E-state index in [0.29, 0.717) is 12.1 Å². The van der Waals surface area contributed by atoms with Crippen LogP contribution in [0.15, 0.2) is 0 Å². The molecular formula is C14H29N3S. The topological polar surface area (TPSA) is 41.3 Å². The average molecular weight is 271 g/mol. The first-order valence-corrected chi connectivity index (χ1v) is 8.53. The molecule has 106 valence electrons. The number of hydrogen-bond donors (Lipinski definition) is 2. The molecule has 1 saturated heterocycles. The molecule has 0 radical (unpaired) electrons. The van der Waals surface area contributed by atoms with Crippen LogP contribution in [0.4, 0.5) is 0 Å².